The largest absolute Gasteiger partial charge is 0.493 e. The molecule has 0 aromatic carbocycles. The van der Waals surface area contributed by atoms with Crippen LogP contribution < -0.4 is 10.1 Å². The minimum atomic E-state index is 0.250. The number of nitrogens with zero attached hydrogens (tertiary/aromatic N) is 2. The predicted octanol–water partition coefficient (Wildman–Crippen LogP) is 2.38. The van der Waals surface area contributed by atoms with Crippen molar-refractivity contribution >= 4 is 0 Å². The van der Waals surface area contributed by atoms with E-state index in [2.05, 4.69) is 31.2 Å². The van der Waals surface area contributed by atoms with Crippen LogP contribution in [-0.4, -0.2) is 36.6 Å². The van der Waals surface area contributed by atoms with Crippen LogP contribution in [0.3, 0.4) is 0 Å². The SMILES string of the molecule is CCNC(CCC(C)OC)c1c(OC)cnn1CC. The van der Waals surface area contributed by atoms with E-state index < -0.39 is 0 Å². The van der Waals surface area contributed by atoms with Gasteiger partial charge in [0.2, 0.25) is 0 Å². The van der Waals surface area contributed by atoms with Crippen molar-refractivity contribution in [2.75, 3.05) is 20.8 Å². The summed E-state index contributed by atoms with van der Waals surface area (Å²) in [6, 6.07) is 0.250. The van der Waals surface area contributed by atoms with E-state index in [-0.39, 0.29) is 12.1 Å². The van der Waals surface area contributed by atoms with Gasteiger partial charge in [0.25, 0.3) is 0 Å². The second kappa shape index (κ2) is 8.17. The van der Waals surface area contributed by atoms with Crippen LogP contribution in [0, 0.1) is 0 Å². The lowest BCUT2D eigenvalue weighted by molar-refractivity contribution is 0.105. The van der Waals surface area contributed by atoms with E-state index in [0.717, 1.165) is 37.4 Å². The third-order valence-electron chi connectivity index (χ3n) is 3.41. The van der Waals surface area contributed by atoms with E-state index in [1.807, 2.05) is 4.68 Å². The van der Waals surface area contributed by atoms with Gasteiger partial charge in [0.15, 0.2) is 5.75 Å². The number of aromatic nitrogens is 2. The summed E-state index contributed by atoms with van der Waals surface area (Å²) in [5, 5.41) is 7.89. The average Bonchev–Trinajstić information content (AvgIpc) is 2.85. The van der Waals surface area contributed by atoms with E-state index >= 15 is 0 Å². The Morgan fingerprint density at radius 3 is 2.58 bits per heavy atom. The van der Waals surface area contributed by atoms with Crippen molar-refractivity contribution < 1.29 is 9.47 Å². The molecule has 0 aliphatic rings. The first-order valence-electron chi connectivity index (χ1n) is 7.03. The standard InChI is InChI=1S/C14H27N3O2/c1-6-15-12(9-8-11(3)18-4)14-13(19-5)10-16-17(14)7-2/h10-12,15H,6-9H2,1-5H3. The molecule has 0 spiro atoms. The van der Waals surface area contributed by atoms with Gasteiger partial charge in [-0.1, -0.05) is 6.92 Å². The number of nitrogens with one attached hydrogen (secondary N) is 1. The van der Waals surface area contributed by atoms with Crippen LogP contribution >= 0.6 is 0 Å². The molecule has 5 heteroatoms. The molecular formula is C14H27N3O2. The van der Waals surface area contributed by atoms with Gasteiger partial charge in [-0.25, -0.2) is 0 Å². The molecule has 0 bridgehead atoms. The fraction of sp³-hybridized carbons (Fsp3) is 0.786. The monoisotopic (exact) mass is 269 g/mol. The number of hydrogen-bond donors (Lipinski definition) is 1. The molecule has 0 amide bonds. The van der Waals surface area contributed by atoms with E-state index in [4.69, 9.17) is 9.47 Å². The van der Waals surface area contributed by atoms with Crippen LogP contribution in [0.4, 0.5) is 0 Å². The zero-order valence-corrected chi connectivity index (χ0v) is 12.8. The molecule has 19 heavy (non-hydrogen) atoms. The Balaban J connectivity index is 2.87. The van der Waals surface area contributed by atoms with Crippen molar-refractivity contribution in [2.45, 2.75) is 52.3 Å². The Morgan fingerprint density at radius 1 is 1.32 bits per heavy atom. The first-order chi connectivity index (χ1) is 9.17. The van der Waals surface area contributed by atoms with E-state index in [9.17, 15) is 0 Å². The minimum absolute atomic E-state index is 0.250. The Morgan fingerprint density at radius 2 is 2.05 bits per heavy atom. The number of rotatable bonds is 9. The van der Waals surface area contributed by atoms with Crippen molar-refractivity contribution in [3.05, 3.63) is 11.9 Å². The molecule has 1 heterocycles. The Bertz CT molecular complexity index is 344. The summed E-state index contributed by atoms with van der Waals surface area (Å²) in [7, 11) is 3.45. The predicted molar refractivity (Wildman–Crippen MR) is 76.6 cm³/mol. The first kappa shape index (κ1) is 16.0. The normalized spacial score (nSPS) is 14.4. The van der Waals surface area contributed by atoms with Gasteiger partial charge in [0.05, 0.1) is 31.1 Å². The molecule has 0 saturated carbocycles. The lowest BCUT2D eigenvalue weighted by atomic mass is 10.0. The van der Waals surface area contributed by atoms with Crippen LogP contribution in [0.15, 0.2) is 6.20 Å². The summed E-state index contributed by atoms with van der Waals surface area (Å²) in [5.41, 5.74) is 1.13. The minimum Gasteiger partial charge on any atom is -0.493 e. The van der Waals surface area contributed by atoms with Crippen molar-refractivity contribution in [2.24, 2.45) is 0 Å². The van der Waals surface area contributed by atoms with Gasteiger partial charge in [-0.2, -0.15) is 5.10 Å². The van der Waals surface area contributed by atoms with Gasteiger partial charge < -0.3 is 14.8 Å². The Hall–Kier alpha value is -1.07. The summed E-state index contributed by atoms with van der Waals surface area (Å²) in [6.45, 7) is 8.07. The summed E-state index contributed by atoms with van der Waals surface area (Å²) in [5.74, 6) is 0.859. The molecule has 5 nitrogen and oxygen atoms in total. The maximum Gasteiger partial charge on any atom is 0.161 e. The zero-order chi connectivity index (χ0) is 14.3. The van der Waals surface area contributed by atoms with Crippen molar-refractivity contribution in [3.63, 3.8) is 0 Å². The molecule has 0 radical (unpaired) electrons. The van der Waals surface area contributed by atoms with Crippen molar-refractivity contribution in [3.8, 4) is 5.75 Å². The molecule has 1 aromatic heterocycles. The molecule has 110 valence electrons. The maximum atomic E-state index is 5.43. The quantitative estimate of drug-likeness (QED) is 0.747. The van der Waals surface area contributed by atoms with Gasteiger partial charge in [0.1, 0.15) is 0 Å². The molecule has 0 aliphatic heterocycles. The highest BCUT2D eigenvalue weighted by Gasteiger charge is 2.21. The Kier molecular flexibility index (Phi) is 6.87. The third-order valence-corrected chi connectivity index (χ3v) is 3.41. The van der Waals surface area contributed by atoms with E-state index in [1.54, 1.807) is 20.4 Å². The smallest absolute Gasteiger partial charge is 0.161 e. The van der Waals surface area contributed by atoms with Crippen molar-refractivity contribution in [1.82, 2.24) is 15.1 Å². The fourth-order valence-electron chi connectivity index (χ4n) is 2.24. The second-order valence-electron chi connectivity index (χ2n) is 4.65. The molecule has 0 fully saturated rings. The summed E-state index contributed by atoms with van der Waals surface area (Å²) >= 11 is 0. The van der Waals surface area contributed by atoms with Gasteiger partial charge in [-0.05, 0) is 33.2 Å². The highest BCUT2D eigenvalue weighted by molar-refractivity contribution is 5.28. The number of aryl methyl sites for hydroxylation is 1. The van der Waals surface area contributed by atoms with Gasteiger partial charge >= 0.3 is 0 Å². The topological polar surface area (TPSA) is 48.3 Å². The van der Waals surface area contributed by atoms with Gasteiger partial charge in [-0.15, -0.1) is 0 Å². The third kappa shape index (κ3) is 4.21. The molecule has 1 N–H and O–H groups in total. The molecule has 2 unspecified atom stereocenters. The van der Waals surface area contributed by atoms with E-state index in [0.29, 0.717) is 0 Å². The highest BCUT2D eigenvalue weighted by atomic mass is 16.5. The number of hydrogen-bond acceptors (Lipinski definition) is 4. The van der Waals surface area contributed by atoms with E-state index in [1.165, 1.54) is 0 Å². The fourth-order valence-corrected chi connectivity index (χ4v) is 2.24. The van der Waals surface area contributed by atoms with Crippen molar-refractivity contribution in [1.29, 1.82) is 0 Å². The molecule has 0 saturated heterocycles. The molecule has 0 aliphatic carbocycles. The van der Waals surface area contributed by atoms with Crippen LogP contribution in [0.25, 0.3) is 0 Å². The summed E-state index contributed by atoms with van der Waals surface area (Å²) in [6.07, 6.45) is 4.07. The zero-order valence-electron chi connectivity index (χ0n) is 12.8. The first-order valence-corrected chi connectivity index (χ1v) is 7.03. The molecule has 1 aromatic rings. The molecule has 1 rings (SSSR count). The number of methoxy groups -OCH3 is 2. The summed E-state index contributed by atoms with van der Waals surface area (Å²) < 4.78 is 12.8. The van der Waals surface area contributed by atoms with Gasteiger partial charge in [-0.3, -0.25) is 4.68 Å². The second-order valence-corrected chi connectivity index (χ2v) is 4.65. The van der Waals surface area contributed by atoms with Crippen LogP contribution in [0.5, 0.6) is 5.75 Å². The average molecular weight is 269 g/mol. The molecule has 2 atom stereocenters. The number of ether oxygens (including phenoxy) is 2. The Labute approximate surface area is 116 Å². The lowest BCUT2D eigenvalue weighted by Crippen LogP contribution is -2.25. The maximum absolute atomic E-state index is 5.43. The van der Waals surface area contributed by atoms with Crippen LogP contribution in [0.2, 0.25) is 0 Å². The highest BCUT2D eigenvalue weighted by Crippen LogP contribution is 2.28. The molecular weight excluding hydrogens is 242 g/mol. The lowest BCUT2D eigenvalue weighted by Gasteiger charge is -2.21. The summed E-state index contributed by atoms with van der Waals surface area (Å²) in [4.78, 5) is 0. The van der Waals surface area contributed by atoms with Gasteiger partial charge in [0, 0.05) is 13.7 Å². The van der Waals surface area contributed by atoms with Crippen LogP contribution in [0.1, 0.15) is 45.3 Å². The van der Waals surface area contributed by atoms with Crippen LogP contribution in [-0.2, 0) is 11.3 Å².